The Hall–Kier alpha value is -0.860. The number of hydrogen-bond acceptors (Lipinski definition) is 2. The van der Waals surface area contributed by atoms with Gasteiger partial charge in [-0.3, -0.25) is 4.90 Å². The number of nitrogens with one attached hydrogen (secondary N) is 1. The van der Waals surface area contributed by atoms with Crippen LogP contribution in [0, 0.1) is 5.92 Å². The molecule has 2 fully saturated rings. The molecule has 3 rings (SSSR count). The van der Waals surface area contributed by atoms with Crippen LogP contribution in [0.15, 0.2) is 30.3 Å². The Balaban J connectivity index is 1.66. The summed E-state index contributed by atoms with van der Waals surface area (Å²) >= 11 is 0. The SMILES string of the molecule is CCNC1CCC(C)CC1N1CCC(c2ccccc2)C1. The highest BCUT2D eigenvalue weighted by Gasteiger charge is 2.36. The molecular weight excluding hydrogens is 256 g/mol. The summed E-state index contributed by atoms with van der Waals surface area (Å²) < 4.78 is 0. The van der Waals surface area contributed by atoms with Crippen LogP contribution in [0.1, 0.15) is 51.0 Å². The summed E-state index contributed by atoms with van der Waals surface area (Å²) in [7, 11) is 0. The minimum Gasteiger partial charge on any atom is -0.313 e. The third-order valence-electron chi connectivity index (χ3n) is 5.50. The van der Waals surface area contributed by atoms with Gasteiger partial charge in [0, 0.05) is 18.6 Å². The van der Waals surface area contributed by atoms with Crippen molar-refractivity contribution < 1.29 is 0 Å². The average Bonchev–Trinajstić information content (AvgIpc) is 3.00. The summed E-state index contributed by atoms with van der Waals surface area (Å²) in [6.07, 6.45) is 5.45. The Morgan fingerprint density at radius 2 is 1.95 bits per heavy atom. The van der Waals surface area contributed by atoms with Crippen LogP contribution < -0.4 is 5.32 Å². The normalized spacial score (nSPS) is 34.2. The van der Waals surface area contributed by atoms with Crippen molar-refractivity contribution in [1.82, 2.24) is 10.2 Å². The number of likely N-dealkylation sites (N-methyl/N-ethyl adjacent to an activating group) is 1. The molecule has 0 amide bonds. The molecule has 1 saturated carbocycles. The predicted molar refractivity (Wildman–Crippen MR) is 89.6 cm³/mol. The third kappa shape index (κ3) is 3.49. The van der Waals surface area contributed by atoms with E-state index in [1.807, 2.05) is 0 Å². The van der Waals surface area contributed by atoms with E-state index in [4.69, 9.17) is 0 Å². The third-order valence-corrected chi connectivity index (χ3v) is 5.50. The van der Waals surface area contributed by atoms with E-state index >= 15 is 0 Å². The van der Waals surface area contributed by atoms with Gasteiger partial charge in [-0.15, -0.1) is 0 Å². The van der Waals surface area contributed by atoms with Crippen LogP contribution in [0.2, 0.25) is 0 Å². The van der Waals surface area contributed by atoms with E-state index in [0.29, 0.717) is 6.04 Å². The van der Waals surface area contributed by atoms with Crippen LogP contribution in [-0.4, -0.2) is 36.6 Å². The van der Waals surface area contributed by atoms with Crippen molar-refractivity contribution in [3.05, 3.63) is 35.9 Å². The first-order chi connectivity index (χ1) is 10.3. The first-order valence-electron chi connectivity index (χ1n) is 8.80. The highest BCUT2D eigenvalue weighted by atomic mass is 15.2. The standard InChI is InChI=1S/C19H30N2/c1-3-20-18-10-9-15(2)13-19(18)21-12-11-17(14-21)16-7-5-4-6-8-16/h4-8,15,17-20H,3,9-14H2,1-2H3. The van der Waals surface area contributed by atoms with Gasteiger partial charge in [-0.2, -0.15) is 0 Å². The highest BCUT2D eigenvalue weighted by molar-refractivity contribution is 5.21. The number of hydrogen-bond donors (Lipinski definition) is 1. The van der Waals surface area contributed by atoms with Gasteiger partial charge in [-0.05, 0) is 56.2 Å². The molecule has 116 valence electrons. The van der Waals surface area contributed by atoms with Crippen molar-refractivity contribution >= 4 is 0 Å². The molecule has 1 N–H and O–H groups in total. The summed E-state index contributed by atoms with van der Waals surface area (Å²) in [4.78, 5) is 2.78. The van der Waals surface area contributed by atoms with Crippen LogP contribution in [0.4, 0.5) is 0 Å². The molecule has 1 heterocycles. The summed E-state index contributed by atoms with van der Waals surface area (Å²) in [5.74, 6) is 1.63. The molecule has 2 nitrogen and oxygen atoms in total. The number of benzene rings is 1. The zero-order chi connectivity index (χ0) is 14.7. The second kappa shape index (κ2) is 6.93. The number of nitrogens with zero attached hydrogens (tertiary/aromatic N) is 1. The van der Waals surface area contributed by atoms with Gasteiger partial charge in [0.05, 0.1) is 0 Å². The first-order valence-corrected chi connectivity index (χ1v) is 8.80. The number of rotatable bonds is 4. The fourth-order valence-electron chi connectivity index (χ4n) is 4.34. The van der Waals surface area contributed by atoms with Gasteiger partial charge in [0.15, 0.2) is 0 Å². The second-order valence-corrected chi connectivity index (χ2v) is 7.04. The molecule has 0 bridgehead atoms. The van der Waals surface area contributed by atoms with Crippen molar-refractivity contribution in [2.24, 2.45) is 5.92 Å². The van der Waals surface area contributed by atoms with Gasteiger partial charge in [0.1, 0.15) is 0 Å². The van der Waals surface area contributed by atoms with E-state index in [1.165, 1.54) is 44.3 Å². The second-order valence-electron chi connectivity index (χ2n) is 7.04. The maximum absolute atomic E-state index is 3.74. The topological polar surface area (TPSA) is 15.3 Å². The Labute approximate surface area is 129 Å². The van der Waals surface area contributed by atoms with E-state index in [0.717, 1.165) is 24.4 Å². The van der Waals surface area contributed by atoms with Crippen LogP contribution in [-0.2, 0) is 0 Å². The lowest BCUT2D eigenvalue weighted by atomic mass is 9.82. The van der Waals surface area contributed by atoms with E-state index in [9.17, 15) is 0 Å². The Kier molecular flexibility index (Phi) is 4.97. The lowest BCUT2D eigenvalue weighted by molar-refractivity contribution is 0.123. The fraction of sp³-hybridized carbons (Fsp3) is 0.684. The van der Waals surface area contributed by atoms with Gasteiger partial charge in [-0.1, -0.05) is 44.2 Å². The van der Waals surface area contributed by atoms with Gasteiger partial charge in [0.25, 0.3) is 0 Å². The van der Waals surface area contributed by atoms with Crippen molar-refractivity contribution in [3.63, 3.8) is 0 Å². The molecule has 2 heteroatoms. The summed E-state index contributed by atoms with van der Waals surface area (Å²) in [6, 6.07) is 12.6. The largest absolute Gasteiger partial charge is 0.313 e. The van der Waals surface area contributed by atoms with Crippen LogP contribution in [0.25, 0.3) is 0 Å². The molecule has 21 heavy (non-hydrogen) atoms. The molecular formula is C19H30N2. The number of likely N-dealkylation sites (tertiary alicyclic amines) is 1. The monoisotopic (exact) mass is 286 g/mol. The van der Waals surface area contributed by atoms with E-state index < -0.39 is 0 Å². The Bertz CT molecular complexity index is 430. The maximum atomic E-state index is 3.74. The first kappa shape index (κ1) is 15.1. The molecule has 4 atom stereocenters. The van der Waals surface area contributed by atoms with Crippen molar-refractivity contribution in [2.75, 3.05) is 19.6 Å². The van der Waals surface area contributed by atoms with Crippen molar-refractivity contribution in [3.8, 4) is 0 Å². The lowest BCUT2D eigenvalue weighted by Gasteiger charge is -2.41. The molecule has 1 aliphatic heterocycles. The van der Waals surface area contributed by atoms with Crippen LogP contribution >= 0.6 is 0 Å². The Morgan fingerprint density at radius 1 is 1.14 bits per heavy atom. The average molecular weight is 286 g/mol. The van der Waals surface area contributed by atoms with Gasteiger partial charge in [0.2, 0.25) is 0 Å². The van der Waals surface area contributed by atoms with E-state index in [1.54, 1.807) is 0 Å². The molecule has 1 aromatic carbocycles. The van der Waals surface area contributed by atoms with E-state index in [-0.39, 0.29) is 0 Å². The van der Waals surface area contributed by atoms with E-state index in [2.05, 4.69) is 54.4 Å². The molecule has 1 aromatic rings. The summed E-state index contributed by atoms with van der Waals surface area (Å²) in [5.41, 5.74) is 1.53. The summed E-state index contributed by atoms with van der Waals surface area (Å²) in [5, 5.41) is 3.74. The molecule has 0 aromatic heterocycles. The smallest absolute Gasteiger partial charge is 0.0252 e. The van der Waals surface area contributed by atoms with Gasteiger partial charge >= 0.3 is 0 Å². The minimum atomic E-state index is 0.709. The molecule has 0 spiro atoms. The molecule has 4 unspecified atom stereocenters. The molecule has 1 aliphatic carbocycles. The van der Waals surface area contributed by atoms with Gasteiger partial charge < -0.3 is 5.32 Å². The van der Waals surface area contributed by atoms with Crippen LogP contribution in [0.5, 0.6) is 0 Å². The predicted octanol–water partition coefficient (Wildman–Crippen LogP) is 3.64. The van der Waals surface area contributed by atoms with Crippen molar-refractivity contribution in [1.29, 1.82) is 0 Å². The quantitative estimate of drug-likeness (QED) is 0.909. The Morgan fingerprint density at radius 3 is 2.71 bits per heavy atom. The zero-order valence-corrected chi connectivity index (χ0v) is 13.6. The molecule has 0 radical (unpaired) electrons. The lowest BCUT2D eigenvalue weighted by Crippen LogP contribution is -2.52. The molecule has 1 saturated heterocycles. The fourth-order valence-corrected chi connectivity index (χ4v) is 4.34. The summed E-state index contributed by atoms with van der Waals surface area (Å²) in [6.45, 7) is 8.30. The molecule has 2 aliphatic rings. The van der Waals surface area contributed by atoms with Crippen molar-refractivity contribution in [2.45, 2.75) is 57.5 Å². The van der Waals surface area contributed by atoms with Crippen LogP contribution in [0.3, 0.4) is 0 Å². The van der Waals surface area contributed by atoms with Gasteiger partial charge in [-0.25, -0.2) is 0 Å². The zero-order valence-electron chi connectivity index (χ0n) is 13.6. The maximum Gasteiger partial charge on any atom is 0.0252 e. The minimum absolute atomic E-state index is 0.709. The highest BCUT2D eigenvalue weighted by Crippen LogP contribution is 2.34.